The third kappa shape index (κ3) is 3.25. The Morgan fingerprint density at radius 1 is 1.35 bits per heavy atom. The Labute approximate surface area is 117 Å². The Kier molecular flexibility index (Phi) is 4.91. The van der Waals surface area contributed by atoms with Gasteiger partial charge in [-0.2, -0.15) is 0 Å². The van der Waals surface area contributed by atoms with E-state index in [1.54, 1.807) is 0 Å². The summed E-state index contributed by atoms with van der Waals surface area (Å²) in [6.45, 7) is 7.53. The van der Waals surface area contributed by atoms with Crippen LogP contribution in [0.3, 0.4) is 0 Å². The van der Waals surface area contributed by atoms with E-state index in [4.69, 9.17) is 0 Å². The molecule has 0 spiro atoms. The molecule has 1 aromatic carbocycles. The van der Waals surface area contributed by atoms with Gasteiger partial charge in [0.2, 0.25) is 0 Å². The fourth-order valence-corrected chi connectivity index (χ4v) is 2.83. The van der Waals surface area contributed by atoms with Gasteiger partial charge < -0.3 is 15.5 Å². The number of alkyl halides is 1. The highest BCUT2D eigenvalue weighted by molar-refractivity contribution is 14.1. The Bertz CT molecular complexity index is 362. The van der Waals surface area contributed by atoms with Crippen molar-refractivity contribution in [1.82, 2.24) is 5.32 Å². The zero-order valence-electron chi connectivity index (χ0n) is 10.3. The molecule has 1 heterocycles. The second-order valence-electron chi connectivity index (χ2n) is 4.24. The number of benzene rings is 1. The summed E-state index contributed by atoms with van der Waals surface area (Å²) in [5, 5.41) is 6.78. The molecule has 17 heavy (non-hydrogen) atoms. The van der Waals surface area contributed by atoms with Crippen LogP contribution in [0.15, 0.2) is 18.2 Å². The van der Waals surface area contributed by atoms with Crippen LogP contribution >= 0.6 is 22.6 Å². The number of rotatable bonds is 4. The number of hydrogen-bond donors (Lipinski definition) is 2. The molecular weight excluding hydrogens is 325 g/mol. The largest absolute Gasteiger partial charge is 0.385 e. The SMILES string of the molecule is CCNc1ccc(N2CCNCC2)c(CI)c1. The van der Waals surface area contributed by atoms with Crippen molar-refractivity contribution in [3.05, 3.63) is 23.8 Å². The molecule has 2 rings (SSSR count). The van der Waals surface area contributed by atoms with Crippen LogP contribution in [0.4, 0.5) is 11.4 Å². The Morgan fingerprint density at radius 2 is 2.12 bits per heavy atom. The minimum atomic E-state index is 0.980. The number of nitrogens with zero attached hydrogens (tertiary/aromatic N) is 1. The van der Waals surface area contributed by atoms with Gasteiger partial charge in [-0.15, -0.1) is 0 Å². The van der Waals surface area contributed by atoms with Crippen LogP contribution in [0, 0.1) is 0 Å². The zero-order chi connectivity index (χ0) is 12.1. The predicted octanol–water partition coefficient (Wildman–Crippen LogP) is 2.46. The molecule has 0 aromatic heterocycles. The molecule has 0 saturated carbocycles. The maximum Gasteiger partial charge on any atom is 0.0409 e. The highest BCUT2D eigenvalue weighted by Gasteiger charge is 2.13. The van der Waals surface area contributed by atoms with E-state index in [9.17, 15) is 0 Å². The van der Waals surface area contributed by atoms with Crippen molar-refractivity contribution in [1.29, 1.82) is 0 Å². The van der Waals surface area contributed by atoms with E-state index in [-0.39, 0.29) is 0 Å². The molecule has 0 aliphatic carbocycles. The van der Waals surface area contributed by atoms with E-state index in [0.29, 0.717) is 0 Å². The van der Waals surface area contributed by atoms with Gasteiger partial charge in [-0.3, -0.25) is 0 Å². The molecule has 0 amide bonds. The highest BCUT2D eigenvalue weighted by Crippen LogP contribution is 2.26. The van der Waals surface area contributed by atoms with E-state index in [1.165, 1.54) is 16.9 Å². The van der Waals surface area contributed by atoms with E-state index >= 15 is 0 Å². The van der Waals surface area contributed by atoms with Gasteiger partial charge >= 0.3 is 0 Å². The maximum absolute atomic E-state index is 3.40. The van der Waals surface area contributed by atoms with Crippen molar-refractivity contribution in [3.63, 3.8) is 0 Å². The average molecular weight is 345 g/mol. The quantitative estimate of drug-likeness (QED) is 0.649. The van der Waals surface area contributed by atoms with Crippen molar-refractivity contribution >= 4 is 34.0 Å². The monoisotopic (exact) mass is 345 g/mol. The second-order valence-corrected chi connectivity index (χ2v) is 5.01. The molecule has 1 aromatic rings. The number of piperazine rings is 1. The Hall–Kier alpha value is -0.490. The van der Waals surface area contributed by atoms with E-state index in [2.05, 4.69) is 63.2 Å². The molecule has 3 nitrogen and oxygen atoms in total. The van der Waals surface area contributed by atoms with Gasteiger partial charge in [0, 0.05) is 48.5 Å². The van der Waals surface area contributed by atoms with Crippen LogP contribution < -0.4 is 15.5 Å². The van der Waals surface area contributed by atoms with Gasteiger partial charge in [-0.05, 0) is 30.7 Å². The van der Waals surface area contributed by atoms with Gasteiger partial charge in [0.25, 0.3) is 0 Å². The predicted molar refractivity (Wildman–Crippen MR) is 83.4 cm³/mol. The van der Waals surface area contributed by atoms with Gasteiger partial charge in [0.05, 0.1) is 0 Å². The third-order valence-electron chi connectivity index (χ3n) is 3.06. The molecule has 1 fully saturated rings. The molecule has 1 saturated heterocycles. The van der Waals surface area contributed by atoms with Crippen LogP contribution in [-0.4, -0.2) is 32.7 Å². The molecule has 0 unspecified atom stereocenters. The lowest BCUT2D eigenvalue weighted by molar-refractivity contribution is 0.588. The highest BCUT2D eigenvalue weighted by atomic mass is 127. The van der Waals surface area contributed by atoms with Gasteiger partial charge in [0.15, 0.2) is 0 Å². The van der Waals surface area contributed by atoms with Crippen molar-refractivity contribution in [2.75, 3.05) is 42.9 Å². The number of nitrogens with one attached hydrogen (secondary N) is 2. The van der Waals surface area contributed by atoms with Gasteiger partial charge in [0.1, 0.15) is 0 Å². The topological polar surface area (TPSA) is 27.3 Å². The summed E-state index contributed by atoms with van der Waals surface area (Å²) >= 11 is 2.45. The molecule has 94 valence electrons. The van der Waals surface area contributed by atoms with Crippen molar-refractivity contribution in [2.45, 2.75) is 11.4 Å². The lowest BCUT2D eigenvalue weighted by Crippen LogP contribution is -2.43. The van der Waals surface area contributed by atoms with Gasteiger partial charge in [-0.1, -0.05) is 22.6 Å². The minimum absolute atomic E-state index is 0.980. The molecule has 0 radical (unpaired) electrons. The van der Waals surface area contributed by atoms with Crippen molar-refractivity contribution in [2.24, 2.45) is 0 Å². The van der Waals surface area contributed by atoms with Crippen LogP contribution in [-0.2, 0) is 4.43 Å². The summed E-state index contributed by atoms with van der Waals surface area (Å²) in [6, 6.07) is 6.74. The number of hydrogen-bond acceptors (Lipinski definition) is 3. The fraction of sp³-hybridized carbons (Fsp3) is 0.538. The maximum atomic E-state index is 3.40. The van der Waals surface area contributed by atoms with E-state index < -0.39 is 0 Å². The average Bonchev–Trinajstić information content (AvgIpc) is 2.40. The molecule has 1 aliphatic rings. The first-order valence-corrected chi connectivity index (χ1v) is 7.76. The molecule has 0 atom stereocenters. The lowest BCUT2D eigenvalue weighted by Gasteiger charge is -2.31. The summed E-state index contributed by atoms with van der Waals surface area (Å²) in [4.78, 5) is 2.49. The minimum Gasteiger partial charge on any atom is -0.385 e. The molecule has 2 N–H and O–H groups in total. The number of halogens is 1. The zero-order valence-corrected chi connectivity index (χ0v) is 12.5. The first-order valence-electron chi connectivity index (χ1n) is 6.23. The normalized spacial score (nSPS) is 16.0. The van der Waals surface area contributed by atoms with Crippen LogP contribution in [0.5, 0.6) is 0 Å². The summed E-state index contributed by atoms with van der Waals surface area (Å²) < 4.78 is 1.07. The first kappa shape index (κ1) is 13.0. The standard InChI is InChI=1S/C13H20IN3/c1-2-16-12-3-4-13(11(9-12)10-14)17-7-5-15-6-8-17/h3-4,9,15-16H,2,5-8,10H2,1H3. The summed E-state index contributed by atoms with van der Waals surface area (Å²) in [5.74, 6) is 0. The fourth-order valence-electron chi connectivity index (χ4n) is 2.22. The Morgan fingerprint density at radius 3 is 2.76 bits per heavy atom. The third-order valence-corrected chi connectivity index (χ3v) is 3.88. The van der Waals surface area contributed by atoms with Crippen molar-refractivity contribution in [3.8, 4) is 0 Å². The van der Waals surface area contributed by atoms with E-state index in [0.717, 1.165) is 37.2 Å². The Balaban J connectivity index is 2.20. The summed E-state index contributed by atoms with van der Waals surface area (Å²) in [6.07, 6.45) is 0. The summed E-state index contributed by atoms with van der Waals surface area (Å²) in [5.41, 5.74) is 4.08. The smallest absolute Gasteiger partial charge is 0.0409 e. The molecule has 1 aliphatic heterocycles. The number of anilines is 2. The second kappa shape index (κ2) is 6.44. The summed E-state index contributed by atoms with van der Waals surface area (Å²) in [7, 11) is 0. The van der Waals surface area contributed by atoms with Crippen LogP contribution in [0.2, 0.25) is 0 Å². The van der Waals surface area contributed by atoms with Crippen LogP contribution in [0.1, 0.15) is 12.5 Å². The van der Waals surface area contributed by atoms with Crippen molar-refractivity contribution < 1.29 is 0 Å². The lowest BCUT2D eigenvalue weighted by atomic mass is 10.1. The first-order chi connectivity index (χ1) is 8.35. The van der Waals surface area contributed by atoms with Crippen LogP contribution in [0.25, 0.3) is 0 Å². The molecular formula is C13H20IN3. The molecule has 4 heteroatoms. The molecule has 0 bridgehead atoms. The van der Waals surface area contributed by atoms with Gasteiger partial charge in [-0.25, -0.2) is 0 Å². The van der Waals surface area contributed by atoms with E-state index in [1.807, 2.05) is 0 Å².